The van der Waals surface area contributed by atoms with E-state index < -0.39 is 0 Å². The van der Waals surface area contributed by atoms with Crippen LogP contribution in [0.3, 0.4) is 0 Å². The Kier molecular flexibility index (Phi) is 5.35. The molecule has 1 aliphatic carbocycles. The van der Waals surface area contributed by atoms with Crippen molar-refractivity contribution < 1.29 is 9.90 Å². The molecule has 3 nitrogen and oxygen atoms in total. The molecule has 1 fully saturated rings. The molecular formula is C16H23NO2S. The number of carbonyl (C=O) groups is 1. The van der Waals surface area contributed by atoms with Gasteiger partial charge in [0.2, 0.25) is 5.91 Å². The molecule has 0 aliphatic heterocycles. The number of rotatable bonds is 4. The van der Waals surface area contributed by atoms with Crippen molar-refractivity contribution in [3.05, 3.63) is 24.3 Å². The molecule has 1 N–H and O–H groups in total. The van der Waals surface area contributed by atoms with Crippen molar-refractivity contribution in [2.24, 2.45) is 0 Å². The fourth-order valence-electron chi connectivity index (χ4n) is 2.71. The topological polar surface area (TPSA) is 40.5 Å². The Balaban J connectivity index is 1.92. The van der Waals surface area contributed by atoms with Crippen molar-refractivity contribution in [2.75, 3.05) is 7.05 Å². The van der Waals surface area contributed by atoms with E-state index in [9.17, 15) is 9.90 Å². The lowest BCUT2D eigenvalue weighted by Crippen LogP contribution is -2.42. The number of hydrogen-bond donors (Lipinski definition) is 1. The molecular weight excluding hydrogens is 270 g/mol. The lowest BCUT2D eigenvalue weighted by molar-refractivity contribution is -0.131. The van der Waals surface area contributed by atoms with E-state index in [0.29, 0.717) is 6.04 Å². The van der Waals surface area contributed by atoms with Crippen LogP contribution in [0.4, 0.5) is 0 Å². The number of hydrogen-bond acceptors (Lipinski definition) is 3. The monoisotopic (exact) mass is 293 g/mol. The van der Waals surface area contributed by atoms with Crippen molar-refractivity contribution in [3.8, 4) is 5.75 Å². The van der Waals surface area contributed by atoms with Gasteiger partial charge in [-0.1, -0.05) is 19.3 Å². The third kappa shape index (κ3) is 3.92. The Bertz CT molecular complexity index is 440. The summed E-state index contributed by atoms with van der Waals surface area (Å²) >= 11 is 1.55. The SMILES string of the molecule is CC(Sc1ccc(O)cc1)C(=O)N(C)C1CCCCC1. The summed E-state index contributed by atoms with van der Waals surface area (Å²) in [5, 5.41) is 9.18. The molecule has 1 aromatic carbocycles. The van der Waals surface area contributed by atoms with Crippen molar-refractivity contribution in [1.29, 1.82) is 0 Å². The van der Waals surface area contributed by atoms with Gasteiger partial charge in [0.05, 0.1) is 5.25 Å². The highest BCUT2D eigenvalue weighted by Crippen LogP contribution is 2.28. The Morgan fingerprint density at radius 3 is 2.45 bits per heavy atom. The second kappa shape index (κ2) is 7.02. The highest BCUT2D eigenvalue weighted by atomic mass is 32.2. The fourth-order valence-corrected chi connectivity index (χ4v) is 3.68. The molecule has 0 aromatic heterocycles. The van der Waals surface area contributed by atoms with Crippen LogP contribution in [-0.4, -0.2) is 34.3 Å². The van der Waals surface area contributed by atoms with Gasteiger partial charge in [-0.2, -0.15) is 0 Å². The van der Waals surface area contributed by atoms with E-state index in [2.05, 4.69) is 0 Å². The van der Waals surface area contributed by atoms with Crippen molar-refractivity contribution in [1.82, 2.24) is 4.90 Å². The molecule has 1 aliphatic rings. The van der Waals surface area contributed by atoms with Crippen molar-refractivity contribution in [3.63, 3.8) is 0 Å². The molecule has 1 atom stereocenters. The van der Waals surface area contributed by atoms with Gasteiger partial charge in [0.15, 0.2) is 0 Å². The minimum absolute atomic E-state index is 0.0912. The smallest absolute Gasteiger partial charge is 0.235 e. The summed E-state index contributed by atoms with van der Waals surface area (Å²) in [6.45, 7) is 1.96. The second-order valence-electron chi connectivity index (χ2n) is 5.49. The first-order valence-electron chi connectivity index (χ1n) is 7.30. The summed E-state index contributed by atoms with van der Waals surface area (Å²) in [5.41, 5.74) is 0. The Labute approximate surface area is 125 Å². The van der Waals surface area contributed by atoms with Crippen molar-refractivity contribution in [2.45, 2.75) is 55.2 Å². The zero-order chi connectivity index (χ0) is 14.5. The number of phenols is 1. The van der Waals surface area contributed by atoms with Crippen LogP contribution in [0.25, 0.3) is 0 Å². The van der Waals surface area contributed by atoms with Gasteiger partial charge in [-0.05, 0) is 44.0 Å². The van der Waals surface area contributed by atoms with E-state index in [1.165, 1.54) is 19.3 Å². The van der Waals surface area contributed by atoms with Crippen molar-refractivity contribution >= 4 is 17.7 Å². The molecule has 0 heterocycles. The molecule has 0 spiro atoms. The minimum Gasteiger partial charge on any atom is -0.508 e. The number of thioether (sulfide) groups is 1. The van der Waals surface area contributed by atoms with Crippen LogP contribution >= 0.6 is 11.8 Å². The molecule has 1 amide bonds. The predicted molar refractivity (Wildman–Crippen MR) is 83.1 cm³/mol. The van der Waals surface area contributed by atoms with Crippen LogP contribution in [0.15, 0.2) is 29.2 Å². The molecule has 1 unspecified atom stereocenters. The zero-order valence-corrected chi connectivity index (χ0v) is 13.0. The fraction of sp³-hybridized carbons (Fsp3) is 0.562. The van der Waals surface area contributed by atoms with Crippen LogP contribution in [0.1, 0.15) is 39.0 Å². The Morgan fingerprint density at radius 2 is 1.85 bits per heavy atom. The van der Waals surface area contributed by atoms with Crippen LogP contribution in [0.5, 0.6) is 5.75 Å². The first-order chi connectivity index (χ1) is 9.58. The van der Waals surface area contributed by atoms with E-state index in [-0.39, 0.29) is 16.9 Å². The normalized spacial score (nSPS) is 17.7. The Morgan fingerprint density at radius 1 is 1.25 bits per heavy atom. The number of carbonyl (C=O) groups excluding carboxylic acids is 1. The van der Waals surface area contributed by atoms with E-state index in [1.807, 2.05) is 31.0 Å². The summed E-state index contributed by atoms with van der Waals surface area (Å²) in [7, 11) is 1.94. The van der Waals surface area contributed by atoms with Gasteiger partial charge in [0, 0.05) is 18.0 Å². The molecule has 1 aromatic rings. The first kappa shape index (κ1) is 15.2. The number of phenolic OH excluding ortho intramolecular Hbond substituents is 1. The van der Waals surface area contributed by atoms with Gasteiger partial charge < -0.3 is 10.0 Å². The third-order valence-corrected chi connectivity index (χ3v) is 5.07. The second-order valence-corrected chi connectivity index (χ2v) is 6.91. The summed E-state index contributed by atoms with van der Waals surface area (Å²) in [5.74, 6) is 0.461. The van der Waals surface area contributed by atoms with Gasteiger partial charge in [0.25, 0.3) is 0 Å². The average molecular weight is 293 g/mol. The molecule has 0 radical (unpaired) electrons. The number of amides is 1. The van der Waals surface area contributed by atoms with E-state index >= 15 is 0 Å². The lowest BCUT2D eigenvalue weighted by atomic mass is 9.94. The molecule has 0 saturated heterocycles. The van der Waals surface area contributed by atoms with Crippen LogP contribution in [0.2, 0.25) is 0 Å². The van der Waals surface area contributed by atoms with E-state index in [0.717, 1.165) is 17.7 Å². The Hall–Kier alpha value is -1.16. The molecule has 20 heavy (non-hydrogen) atoms. The number of aromatic hydroxyl groups is 1. The summed E-state index contributed by atoms with van der Waals surface area (Å²) in [4.78, 5) is 15.4. The van der Waals surface area contributed by atoms with Gasteiger partial charge in [-0.15, -0.1) is 11.8 Å². The van der Waals surface area contributed by atoms with Gasteiger partial charge in [0.1, 0.15) is 5.75 Å². The van der Waals surface area contributed by atoms with E-state index in [1.54, 1.807) is 23.9 Å². The first-order valence-corrected chi connectivity index (χ1v) is 8.18. The largest absolute Gasteiger partial charge is 0.508 e. The third-order valence-electron chi connectivity index (χ3n) is 3.97. The van der Waals surface area contributed by atoms with Crippen LogP contribution in [0, 0.1) is 0 Å². The summed E-state index contributed by atoms with van der Waals surface area (Å²) < 4.78 is 0. The molecule has 0 bridgehead atoms. The minimum atomic E-state index is -0.0912. The quantitative estimate of drug-likeness (QED) is 0.861. The average Bonchev–Trinajstić information content (AvgIpc) is 2.49. The van der Waals surface area contributed by atoms with E-state index in [4.69, 9.17) is 0 Å². The predicted octanol–water partition coefficient (Wildman–Crippen LogP) is 3.66. The van der Waals surface area contributed by atoms with Gasteiger partial charge in [-0.3, -0.25) is 4.79 Å². The van der Waals surface area contributed by atoms with Gasteiger partial charge in [-0.25, -0.2) is 0 Å². The maximum atomic E-state index is 12.5. The van der Waals surface area contributed by atoms with Crippen LogP contribution < -0.4 is 0 Å². The maximum Gasteiger partial charge on any atom is 0.235 e. The zero-order valence-electron chi connectivity index (χ0n) is 12.2. The van der Waals surface area contributed by atoms with Crippen LogP contribution in [-0.2, 0) is 4.79 Å². The number of nitrogens with zero attached hydrogens (tertiary/aromatic N) is 1. The summed E-state index contributed by atoms with van der Waals surface area (Å²) in [6, 6.07) is 7.43. The molecule has 4 heteroatoms. The highest BCUT2D eigenvalue weighted by molar-refractivity contribution is 8.00. The standard InChI is InChI=1S/C16H23NO2S/c1-12(20-15-10-8-14(18)9-11-15)16(19)17(2)13-6-4-3-5-7-13/h8-13,18H,3-7H2,1-2H3. The molecule has 110 valence electrons. The lowest BCUT2D eigenvalue weighted by Gasteiger charge is -2.32. The van der Waals surface area contributed by atoms with Gasteiger partial charge >= 0.3 is 0 Å². The molecule has 1 saturated carbocycles. The number of benzene rings is 1. The molecule has 2 rings (SSSR count). The highest BCUT2D eigenvalue weighted by Gasteiger charge is 2.25. The summed E-state index contributed by atoms with van der Waals surface area (Å²) in [6.07, 6.45) is 6.05. The maximum absolute atomic E-state index is 12.5.